The molecule has 3 unspecified atom stereocenters. The summed E-state index contributed by atoms with van der Waals surface area (Å²) in [5.74, 6) is -0.890. The molecule has 0 spiro atoms. The van der Waals surface area contributed by atoms with Gasteiger partial charge in [-0.1, -0.05) is 0 Å². The van der Waals surface area contributed by atoms with Crippen LogP contribution >= 0.6 is 0 Å². The number of nitrogens with two attached hydrogens (primary N) is 1. The highest BCUT2D eigenvalue weighted by molar-refractivity contribution is 5.94. The third kappa shape index (κ3) is 3.63. The number of amides is 3. The van der Waals surface area contributed by atoms with Crippen molar-refractivity contribution in [2.75, 3.05) is 32.7 Å². The van der Waals surface area contributed by atoms with Crippen LogP contribution in [0, 0.1) is 29.0 Å². The first-order chi connectivity index (χ1) is 14.4. The maximum Gasteiger partial charge on any atom is 0.253 e. The Balaban J connectivity index is 1.39. The molecule has 30 heavy (non-hydrogen) atoms. The number of carbonyl (C=O) groups is 3. The molecule has 3 amide bonds. The van der Waals surface area contributed by atoms with Gasteiger partial charge in [-0.05, 0) is 37.1 Å². The second-order valence-electron chi connectivity index (χ2n) is 8.14. The zero-order chi connectivity index (χ0) is 21.4. The fourth-order valence-electron chi connectivity index (χ4n) is 4.81. The summed E-state index contributed by atoms with van der Waals surface area (Å²) in [7, 11) is 0. The number of piperidine rings is 1. The average Bonchev–Trinajstić information content (AvgIpc) is 3.13. The number of hydrogen-bond donors (Lipinski definition) is 1. The van der Waals surface area contributed by atoms with Crippen molar-refractivity contribution in [3.05, 3.63) is 35.6 Å². The van der Waals surface area contributed by atoms with E-state index in [-0.39, 0.29) is 48.7 Å². The fraction of sp³-hybridized carbons (Fsp3) is 0.524. The van der Waals surface area contributed by atoms with E-state index < -0.39 is 11.9 Å². The molecule has 2 heterocycles. The van der Waals surface area contributed by atoms with Gasteiger partial charge in [-0.25, -0.2) is 4.39 Å². The zero-order valence-corrected chi connectivity index (χ0v) is 16.5. The maximum absolute atomic E-state index is 13.1. The first kappa shape index (κ1) is 20.3. The third-order valence-corrected chi connectivity index (χ3v) is 6.41. The Labute approximate surface area is 174 Å². The van der Waals surface area contributed by atoms with E-state index in [0.29, 0.717) is 31.6 Å². The van der Waals surface area contributed by atoms with Crippen LogP contribution in [0.2, 0.25) is 0 Å². The van der Waals surface area contributed by atoms with Gasteiger partial charge in [-0.2, -0.15) is 5.26 Å². The maximum atomic E-state index is 13.1. The van der Waals surface area contributed by atoms with E-state index in [1.807, 2.05) is 0 Å². The summed E-state index contributed by atoms with van der Waals surface area (Å²) in [6.45, 7) is 1.22. The van der Waals surface area contributed by atoms with Gasteiger partial charge >= 0.3 is 0 Å². The molecule has 158 valence electrons. The van der Waals surface area contributed by atoms with Gasteiger partial charge in [0, 0.05) is 43.1 Å². The molecular formula is C21H24FN5O3. The molecule has 0 bridgehead atoms. The van der Waals surface area contributed by atoms with Crippen LogP contribution in [0.5, 0.6) is 0 Å². The van der Waals surface area contributed by atoms with E-state index in [0.717, 1.165) is 6.42 Å². The smallest absolute Gasteiger partial charge is 0.253 e. The first-order valence-corrected chi connectivity index (χ1v) is 10.2. The Morgan fingerprint density at radius 2 is 1.87 bits per heavy atom. The molecular weight excluding hydrogens is 389 g/mol. The Morgan fingerprint density at radius 3 is 2.47 bits per heavy atom. The van der Waals surface area contributed by atoms with Crippen LogP contribution in [0.3, 0.4) is 0 Å². The number of halogens is 1. The third-order valence-electron chi connectivity index (χ3n) is 6.41. The molecule has 1 saturated carbocycles. The Bertz CT molecular complexity index is 887. The van der Waals surface area contributed by atoms with Crippen LogP contribution in [0.15, 0.2) is 24.3 Å². The van der Waals surface area contributed by atoms with E-state index in [2.05, 4.69) is 6.07 Å². The predicted octanol–water partition coefficient (Wildman–Crippen LogP) is 0.198. The second-order valence-corrected chi connectivity index (χ2v) is 8.14. The molecule has 1 aromatic rings. The van der Waals surface area contributed by atoms with Crippen LogP contribution in [0.1, 0.15) is 23.2 Å². The average molecular weight is 413 g/mol. The van der Waals surface area contributed by atoms with Gasteiger partial charge in [0.1, 0.15) is 18.4 Å². The molecule has 2 aliphatic heterocycles. The van der Waals surface area contributed by atoms with Gasteiger partial charge in [-0.3, -0.25) is 14.4 Å². The number of nitriles is 1. The molecule has 4 rings (SSSR count). The molecule has 3 aliphatic rings. The molecule has 3 fully saturated rings. The highest BCUT2D eigenvalue weighted by Gasteiger charge is 2.60. The lowest BCUT2D eigenvalue weighted by Crippen LogP contribution is -2.49. The van der Waals surface area contributed by atoms with E-state index in [9.17, 15) is 24.0 Å². The summed E-state index contributed by atoms with van der Waals surface area (Å²) in [5.41, 5.74) is 6.00. The van der Waals surface area contributed by atoms with Crippen LogP contribution < -0.4 is 5.73 Å². The molecule has 2 saturated heterocycles. The first-order valence-electron chi connectivity index (χ1n) is 10.2. The Hall–Kier alpha value is -2.99. The molecule has 9 heteroatoms. The molecule has 2 N–H and O–H groups in total. The van der Waals surface area contributed by atoms with Crippen molar-refractivity contribution in [1.29, 1.82) is 5.26 Å². The van der Waals surface area contributed by atoms with E-state index in [1.54, 1.807) is 9.80 Å². The van der Waals surface area contributed by atoms with Gasteiger partial charge in [0.05, 0.1) is 12.6 Å². The number of nitrogens with zero attached hydrogens (tertiary/aromatic N) is 4. The number of benzene rings is 1. The van der Waals surface area contributed by atoms with Crippen LogP contribution in [0.25, 0.3) is 0 Å². The summed E-state index contributed by atoms with van der Waals surface area (Å²) in [6, 6.07) is 7.03. The van der Waals surface area contributed by atoms with Crippen LogP contribution in [0.4, 0.5) is 4.39 Å². The summed E-state index contributed by atoms with van der Waals surface area (Å²) in [6.07, 6.45) is 1.44. The minimum absolute atomic E-state index is 0.0855. The van der Waals surface area contributed by atoms with Crippen molar-refractivity contribution in [1.82, 2.24) is 14.7 Å². The molecule has 3 atom stereocenters. The second kappa shape index (κ2) is 8.03. The standard InChI is InChI=1S/C21H24FN5O3/c22-14-5-3-13(4-6-14)21(30)25-10-16-17(11-25)20(16)27(18(28)9-24)12-19(29)26-7-1-2-15(26)8-23/h3-6,15-17,20H,1-2,7,9-12,24H2. The Morgan fingerprint density at radius 1 is 1.20 bits per heavy atom. The molecule has 1 aliphatic carbocycles. The van der Waals surface area contributed by atoms with E-state index >= 15 is 0 Å². The SMILES string of the molecule is N#CC1CCCN1C(=O)CN(C(=O)CN)C1C2CN(C(=O)c3ccc(F)cc3)CC21. The quantitative estimate of drug-likeness (QED) is 0.741. The van der Waals surface area contributed by atoms with Crippen molar-refractivity contribution in [2.24, 2.45) is 17.6 Å². The van der Waals surface area contributed by atoms with Gasteiger partial charge in [0.2, 0.25) is 11.8 Å². The van der Waals surface area contributed by atoms with Gasteiger partial charge < -0.3 is 20.4 Å². The van der Waals surface area contributed by atoms with Crippen molar-refractivity contribution >= 4 is 17.7 Å². The summed E-state index contributed by atoms with van der Waals surface area (Å²) in [5, 5.41) is 9.22. The normalized spacial score (nSPS) is 26.8. The number of carbonyl (C=O) groups excluding carboxylic acids is 3. The largest absolute Gasteiger partial charge is 0.338 e. The monoisotopic (exact) mass is 413 g/mol. The fourth-order valence-corrected chi connectivity index (χ4v) is 4.81. The highest BCUT2D eigenvalue weighted by atomic mass is 19.1. The molecule has 0 radical (unpaired) electrons. The lowest BCUT2D eigenvalue weighted by atomic mass is 10.2. The van der Waals surface area contributed by atoms with E-state index in [4.69, 9.17) is 5.73 Å². The lowest BCUT2D eigenvalue weighted by Gasteiger charge is -2.29. The van der Waals surface area contributed by atoms with E-state index in [1.165, 1.54) is 29.2 Å². The number of likely N-dealkylation sites (tertiary alicyclic amines) is 2. The minimum Gasteiger partial charge on any atom is -0.338 e. The van der Waals surface area contributed by atoms with Crippen molar-refractivity contribution in [3.8, 4) is 6.07 Å². The molecule has 1 aromatic carbocycles. The van der Waals surface area contributed by atoms with Crippen molar-refractivity contribution in [3.63, 3.8) is 0 Å². The number of rotatable bonds is 5. The summed E-state index contributed by atoms with van der Waals surface area (Å²) >= 11 is 0. The predicted molar refractivity (Wildman–Crippen MR) is 104 cm³/mol. The summed E-state index contributed by atoms with van der Waals surface area (Å²) < 4.78 is 13.1. The lowest BCUT2D eigenvalue weighted by molar-refractivity contribution is -0.140. The van der Waals surface area contributed by atoms with Crippen molar-refractivity contribution < 1.29 is 18.8 Å². The Kier molecular flexibility index (Phi) is 5.43. The topological polar surface area (TPSA) is 111 Å². The van der Waals surface area contributed by atoms with Gasteiger partial charge in [-0.15, -0.1) is 0 Å². The van der Waals surface area contributed by atoms with Gasteiger partial charge in [0.15, 0.2) is 0 Å². The molecule has 8 nitrogen and oxygen atoms in total. The van der Waals surface area contributed by atoms with Gasteiger partial charge in [0.25, 0.3) is 5.91 Å². The minimum atomic E-state index is -0.435. The highest BCUT2D eigenvalue weighted by Crippen LogP contribution is 2.49. The number of fused-ring (bicyclic) bond motifs is 1. The van der Waals surface area contributed by atoms with Crippen molar-refractivity contribution in [2.45, 2.75) is 24.9 Å². The summed E-state index contributed by atoms with van der Waals surface area (Å²) in [4.78, 5) is 42.6. The number of hydrogen-bond acceptors (Lipinski definition) is 5. The van der Waals surface area contributed by atoms with Crippen LogP contribution in [-0.2, 0) is 9.59 Å². The molecule has 0 aromatic heterocycles. The zero-order valence-electron chi connectivity index (χ0n) is 16.5. The van der Waals surface area contributed by atoms with Crippen LogP contribution in [-0.4, -0.2) is 77.2 Å².